The van der Waals surface area contributed by atoms with Crippen LogP contribution < -0.4 is 20.9 Å². The second kappa shape index (κ2) is 15.4. The van der Waals surface area contributed by atoms with E-state index in [4.69, 9.17) is 21.7 Å². The molecule has 0 spiro atoms. The molecule has 0 atom stereocenters. The van der Waals surface area contributed by atoms with Gasteiger partial charge in [-0.2, -0.15) is 0 Å². The van der Waals surface area contributed by atoms with Gasteiger partial charge < -0.3 is 14.8 Å². The van der Waals surface area contributed by atoms with Crippen LogP contribution in [0.4, 0.5) is 0 Å². The first-order chi connectivity index (χ1) is 16.8. The van der Waals surface area contributed by atoms with Gasteiger partial charge in [0.05, 0.1) is 6.61 Å². The number of esters is 1. The SMILES string of the molecule is CC(C)c1ccc(OCC(=O)NNC(=S)NC(=O)CCCC(=O)OCCCc2ccccc2)cc1. The number of carbonyl (C=O) groups is 3. The molecule has 188 valence electrons. The van der Waals surface area contributed by atoms with Crippen LogP contribution in [0.15, 0.2) is 54.6 Å². The lowest BCUT2D eigenvalue weighted by Crippen LogP contribution is -2.49. The van der Waals surface area contributed by atoms with E-state index in [1.807, 2.05) is 42.5 Å². The van der Waals surface area contributed by atoms with Gasteiger partial charge in [0.15, 0.2) is 11.7 Å². The van der Waals surface area contributed by atoms with E-state index in [0.717, 1.165) is 12.8 Å². The molecule has 0 aliphatic rings. The third kappa shape index (κ3) is 12.0. The minimum Gasteiger partial charge on any atom is -0.484 e. The monoisotopic (exact) mass is 499 g/mol. The first-order valence-corrected chi connectivity index (χ1v) is 12.0. The van der Waals surface area contributed by atoms with Gasteiger partial charge in [0.2, 0.25) is 5.91 Å². The quantitative estimate of drug-likeness (QED) is 0.177. The summed E-state index contributed by atoms with van der Waals surface area (Å²) in [4.78, 5) is 35.6. The molecule has 0 fully saturated rings. The second-order valence-electron chi connectivity index (χ2n) is 8.23. The Morgan fingerprint density at radius 1 is 0.886 bits per heavy atom. The number of hydrogen-bond donors (Lipinski definition) is 3. The van der Waals surface area contributed by atoms with Gasteiger partial charge in [0, 0.05) is 12.8 Å². The zero-order valence-corrected chi connectivity index (χ0v) is 21.0. The van der Waals surface area contributed by atoms with Crippen LogP contribution in [-0.2, 0) is 25.5 Å². The average molecular weight is 500 g/mol. The molecular formula is C26H33N3O5S. The summed E-state index contributed by atoms with van der Waals surface area (Å²) in [6.07, 6.45) is 2.17. The molecule has 35 heavy (non-hydrogen) atoms. The number of nitrogens with one attached hydrogen (secondary N) is 3. The number of benzene rings is 2. The second-order valence-corrected chi connectivity index (χ2v) is 8.63. The Bertz CT molecular complexity index is 965. The summed E-state index contributed by atoms with van der Waals surface area (Å²) in [5.74, 6) is -0.163. The molecule has 8 nitrogen and oxygen atoms in total. The van der Waals surface area contributed by atoms with Gasteiger partial charge in [0.1, 0.15) is 5.75 Å². The lowest BCUT2D eigenvalue weighted by atomic mass is 10.0. The Morgan fingerprint density at radius 2 is 1.60 bits per heavy atom. The summed E-state index contributed by atoms with van der Waals surface area (Å²) < 4.78 is 10.6. The molecular weight excluding hydrogens is 466 g/mol. The van der Waals surface area contributed by atoms with E-state index in [1.165, 1.54) is 11.1 Å². The highest BCUT2D eigenvalue weighted by molar-refractivity contribution is 7.80. The van der Waals surface area contributed by atoms with Gasteiger partial charge in [-0.15, -0.1) is 0 Å². The van der Waals surface area contributed by atoms with Crippen LogP contribution in [-0.4, -0.2) is 36.1 Å². The Morgan fingerprint density at radius 3 is 2.29 bits per heavy atom. The van der Waals surface area contributed by atoms with Gasteiger partial charge in [0.25, 0.3) is 5.91 Å². The summed E-state index contributed by atoms with van der Waals surface area (Å²) in [7, 11) is 0. The van der Waals surface area contributed by atoms with Crippen molar-refractivity contribution in [1.82, 2.24) is 16.2 Å². The maximum Gasteiger partial charge on any atom is 0.305 e. The van der Waals surface area contributed by atoms with E-state index in [9.17, 15) is 14.4 Å². The van der Waals surface area contributed by atoms with E-state index in [2.05, 4.69) is 30.0 Å². The van der Waals surface area contributed by atoms with Crippen molar-refractivity contribution in [3.05, 3.63) is 65.7 Å². The summed E-state index contributed by atoms with van der Waals surface area (Å²) in [6, 6.07) is 17.5. The van der Waals surface area contributed by atoms with Crippen molar-refractivity contribution >= 4 is 35.1 Å². The normalized spacial score (nSPS) is 10.4. The predicted molar refractivity (Wildman–Crippen MR) is 138 cm³/mol. The average Bonchev–Trinajstić information content (AvgIpc) is 2.85. The van der Waals surface area contributed by atoms with Gasteiger partial charge in [-0.1, -0.05) is 56.3 Å². The molecule has 0 aliphatic carbocycles. The molecule has 2 aromatic rings. The van der Waals surface area contributed by atoms with Crippen molar-refractivity contribution in [3.8, 4) is 5.75 Å². The minimum absolute atomic E-state index is 0.0480. The maximum absolute atomic E-state index is 12.0. The van der Waals surface area contributed by atoms with Gasteiger partial charge in [-0.25, -0.2) is 0 Å². The molecule has 2 rings (SSSR count). The zero-order chi connectivity index (χ0) is 25.5. The summed E-state index contributed by atoms with van der Waals surface area (Å²) >= 11 is 4.99. The number of aryl methyl sites for hydroxylation is 1. The molecule has 0 heterocycles. The molecule has 3 N–H and O–H groups in total. The molecule has 0 aliphatic heterocycles. The molecule has 2 aromatic carbocycles. The van der Waals surface area contributed by atoms with Crippen LogP contribution in [0.25, 0.3) is 0 Å². The summed E-state index contributed by atoms with van der Waals surface area (Å²) in [6.45, 7) is 4.33. The highest BCUT2D eigenvalue weighted by Crippen LogP contribution is 2.18. The number of ether oxygens (including phenoxy) is 2. The van der Waals surface area contributed by atoms with Crippen molar-refractivity contribution in [3.63, 3.8) is 0 Å². The third-order valence-electron chi connectivity index (χ3n) is 4.99. The van der Waals surface area contributed by atoms with Crippen LogP contribution in [0.5, 0.6) is 5.75 Å². The third-order valence-corrected chi connectivity index (χ3v) is 5.19. The predicted octanol–water partition coefficient (Wildman–Crippen LogP) is 3.56. The van der Waals surface area contributed by atoms with Crippen molar-refractivity contribution < 1.29 is 23.9 Å². The topological polar surface area (TPSA) is 106 Å². The highest BCUT2D eigenvalue weighted by Gasteiger charge is 2.09. The number of carbonyl (C=O) groups excluding carboxylic acids is 3. The van der Waals surface area contributed by atoms with E-state index in [-0.39, 0.29) is 36.4 Å². The fraction of sp³-hybridized carbons (Fsp3) is 0.385. The van der Waals surface area contributed by atoms with Crippen LogP contribution in [0.1, 0.15) is 56.6 Å². The van der Waals surface area contributed by atoms with E-state index >= 15 is 0 Å². The fourth-order valence-electron chi connectivity index (χ4n) is 3.05. The Hall–Kier alpha value is -3.46. The molecule has 0 unspecified atom stereocenters. The number of amides is 2. The molecule has 0 saturated carbocycles. The van der Waals surface area contributed by atoms with Crippen molar-refractivity contribution in [2.75, 3.05) is 13.2 Å². The summed E-state index contributed by atoms with van der Waals surface area (Å²) in [5, 5.41) is 2.40. The maximum atomic E-state index is 12.0. The molecule has 0 radical (unpaired) electrons. The molecule has 0 saturated heterocycles. The van der Waals surface area contributed by atoms with Crippen molar-refractivity contribution in [2.45, 2.75) is 51.9 Å². The Balaban J connectivity index is 1.50. The fourth-order valence-corrected chi connectivity index (χ4v) is 3.22. The largest absolute Gasteiger partial charge is 0.484 e. The Labute approximate surface area is 211 Å². The van der Waals surface area contributed by atoms with Crippen LogP contribution in [0, 0.1) is 0 Å². The number of thiocarbonyl (C=S) groups is 1. The van der Waals surface area contributed by atoms with E-state index < -0.39 is 5.91 Å². The summed E-state index contributed by atoms with van der Waals surface area (Å²) in [5.41, 5.74) is 7.19. The number of hydrogen-bond acceptors (Lipinski definition) is 6. The number of rotatable bonds is 12. The van der Waals surface area contributed by atoms with Crippen LogP contribution >= 0.6 is 12.2 Å². The first-order valence-electron chi connectivity index (χ1n) is 11.6. The standard InChI is InChI=1S/C26H33N3O5S/c1-19(2)21-13-15-22(16-14-21)34-18-24(31)28-29-26(35)27-23(30)11-6-12-25(32)33-17-7-10-20-8-4-3-5-9-20/h3-5,8-9,13-16,19H,6-7,10-12,17-18H2,1-2H3,(H,28,31)(H2,27,29,30,35). The first kappa shape index (κ1) is 27.8. The molecule has 2 amide bonds. The minimum atomic E-state index is -0.454. The highest BCUT2D eigenvalue weighted by atomic mass is 32.1. The zero-order valence-electron chi connectivity index (χ0n) is 20.2. The Kier molecular flexibility index (Phi) is 12.3. The van der Waals surface area contributed by atoms with Gasteiger partial charge in [-0.3, -0.25) is 25.2 Å². The van der Waals surface area contributed by atoms with Crippen LogP contribution in [0.3, 0.4) is 0 Å². The van der Waals surface area contributed by atoms with Crippen molar-refractivity contribution in [1.29, 1.82) is 0 Å². The van der Waals surface area contributed by atoms with E-state index in [1.54, 1.807) is 12.1 Å². The van der Waals surface area contributed by atoms with Crippen LogP contribution in [0.2, 0.25) is 0 Å². The number of hydrazine groups is 1. The molecule has 0 bridgehead atoms. The molecule has 0 aromatic heterocycles. The molecule has 9 heteroatoms. The van der Waals surface area contributed by atoms with E-state index in [0.29, 0.717) is 24.7 Å². The van der Waals surface area contributed by atoms with Gasteiger partial charge in [-0.05, 0) is 60.7 Å². The lowest BCUT2D eigenvalue weighted by molar-refractivity contribution is -0.143. The van der Waals surface area contributed by atoms with Gasteiger partial charge >= 0.3 is 5.97 Å². The van der Waals surface area contributed by atoms with Crippen molar-refractivity contribution in [2.24, 2.45) is 0 Å². The smallest absolute Gasteiger partial charge is 0.305 e. The lowest BCUT2D eigenvalue weighted by Gasteiger charge is -2.12.